The molecule has 2 saturated heterocycles. The average molecular weight is 595 g/mol. The van der Waals surface area contributed by atoms with Crippen molar-refractivity contribution >= 4 is 23.4 Å². The Labute approximate surface area is 255 Å². The Morgan fingerprint density at radius 2 is 1.77 bits per heavy atom. The number of rotatable bonds is 9. The van der Waals surface area contributed by atoms with Crippen LogP contribution in [0.15, 0.2) is 79.3 Å². The van der Waals surface area contributed by atoms with Crippen LogP contribution in [0.2, 0.25) is 0 Å². The summed E-state index contributed by atoms with van der Waals surface area (Å²) in [6.07, 6.45) is 5.33. The predicted octanol–water partition coefficient (Wildman–Crippen LogP) is 4.17. The fourth-order valence-corrected chi connectivity index (χ4v) is 5.37. The number of Topliss-reactive ketones (excluding diaryl/α,β-unsaturated/α-hetero) is 1. The van der Waals surface area contributed by atoms with Gasteiger partial charge in [0.2, 0.25) is 0 Å². The maximum absolute atomic E-state index is 13.4. The summed E-state index contributed by atoms with van der Waals surface area (Å²) < 4.78 is 17.1. The Morgan fingerprint density at radius 1 is 0.977 bits per heavy atom. The number of pyridine rings is 1. The first-order valence-electron chi connectivity index (χ1n) is 14.7. The molecule has 0 bridgehead atoms. The zero-order valence-electron chi connectivity index (χ0n) is 24.3. The fourth-order valence-electron chi connectivity index (χ4n) is 5.37. The normalized spacial score (nSPS) is 16.5. The first kappa shape index (κ1) is 29.1. The van der Waals surface area contributed by atoms with E-state index in [-0.39, 0.29) is 42.5 Å². The van der Waals surface area contributed by atoms with Crippen molar-refractivity contribution < 1.29 is 23.8 Å². The molecule has 0 saturated carbocycles. The zero-order chi connectivity index (χ0) is 30.3. The van der Waals surface area contributed by atoms with Gasteiger partial charge >= 0.3 is 6.09 Å². The molecule has 4 heterocycles. The van der Waals surface area contributed by atoms with E-state index in [4.69, 9.17) is 19.9 Å². The van der Waals surface area contributed by atoms with Gasteiger partial charge in [-0.1, -0.05) is 30.3 Å². The van der Waals surface area contributed by atoms with Crippen LogP contribution in [0.25, 0.3) is 11.3 Å². The molecule has 1 atom stereocenters. The third kappa shape index (κ3) is 6.95. The predicted molar refractivity (Wildman–Crippen MR) is 164 cm³/mol. The number of anilines is 2. The molecule has 2 N–H and O–H groups in total. The lowest BCUT2D eigenvalue weighted by Crippen LogP contribution is -2.37. The number of carbonyl (C=O) groups excluding carboxylic acids is 2. The number of benzene rings is 2. The molecule has 4 aromatic rings. The van der Waals surface area contributed by atoms with E-state index in [1.165, 1.54) is 0 Å². The molecule has 2 aromatic carbocycles. The van der Waals surface area contributed by atoms with Gasteiger partial charge in [0.05, 0.1) is 31.6 Å². The quantitative estimate of drug-likeness (QED) is 0.282. The molecule has 6 rings (SSSR count). The standard InChI is InChI=1S/C33H34N6O5/c34-32-31(30(40)18-25-19-35-12-10-29(25)38-14-16-42-17-15-38)37-28(20-36-32)24-6-8-26(9-7-24)44-27-11-13-39(21-27)33(41)43-22-23-4-2-1-3-5-23/h1-10,12,19-20,27H,11,13-18,21-22H2,(H2,34,36). The van der Waals surface area contributed by atoms with Crippen molar-refractivity contribution in [1.29, 1.82) is 0 Å². The summed E-state index contributed by atoms with van der Waals surface area (Å²) in [7, 11) is 0. The molecule has 226 valence electrons. The Balaban J connectivity index is 1.07. The smallest absolute Gasteiger partial charge is 0.410 e. The lowest BCUT2D eigenvalue weighted by atomic mass is 10.1. The van der Waals surface area contributed by atoms with Gasteiger partial charge in [-0.15, -0.1) is 0 Å². The van der Waals surface area contributed by atoms with Gasteiger partial charge in [0.1, 0.15) is 24.2 Å². The van der Waals surface area contributed by atoms with Gasteiger partial charge in [0, 0.05) is 61.7 Å². The van der Waals surface area contributed by atoms with Gasteiger partial charge in [-0.25, -0.2) is 14.8 Å². The van der Waals surface area contributed by atoms with Gasteiger partial charge in [-0.2, -0.15) is 0 Å². The van der Waals surface area contributed by atoms with Crippen LogP contribution in [-0.2, 0) is 22.5 Å². The molecular formula is C33H34N6O5. The summed E-state index contributed by atoms with van der Waals surface area (Å²) in [6.45, 7) is 4.05. The molecule has 2 aromatic heterocycles. The maximum atomic E-state index is 13.4. The van der Waals surface area contributed by atoms with Crippen molar-refractivity contribution in [3.05, 3.63) is 96.1 Å². The molecular weight excluding hydrogens is 560 g/mol. The first-order chi connectivity index (χ1) is 21.5. The van der Waals surface area contributed by atoms with Crippen LogP contribution in [0, 0.1) is 0 Å². The number of nitrogens with zero attached hydrogens (tertiary/aromatic N) is 5. The minimum atomic E-state index is -0.344. The number of nitrogens with two attached hydrogens (primary N) is 1. The maximum Gasteiger partial charge on any atom is 0.410 e. The highest BCUT2D eigenvalue weighted by Crippen LogP contribution is 2.26. The van der Waals surface area contributed by atoms with Crippen LogP contribution in [0.3, 0.4) is 0 Å². The van der Waals surface area contributed by atoms with E-state index in [1.54, 1.807) is 23.5 Å². The number of hydrogen-bond donors (Lipinski definition) is 1. The van der Waals surface area contributed by atoms with E-state index in [2.05, 4.69) is 19.9 Å². The van der Waals surface area contributed by atoms with Crippen LogP contribution in [0.4, 0.5) is 16.3 Å². The third-order valence-electron chi connectivity index (χ3n) is 7.71. The van der Waals surface area contributed by atoms with Crippen molar-refractivity contribution in [3.8, 4) is 17.0 Å². The van der Waals surface area contributed by atoms with Gasteiger partial charge in [0.25, 0.3) is 0 Å². The van der Waals surface area contributed by atoms with Crippen LogP contribution < -0.4 is 15.4 Å². The summed E-state index contributed by atoms with van der Waals surface area (Å²) in [5.74, 6) is 0.529. The Bertz CT molecular complexity index is 1590. The van der Waals surface area contributed by atoms with Gasteiger partial charge < -0.3 is 29.7 Å². The SMILES string of the molecule is Nc1ncc(-c2ccc(OC3CCN(C(=O)OCc4ccccc4)C3)cc2)nc1C(=O)Cc1cnccc1N1CCOCC1. The van der Waals surface area contributed by atoms with Crippen molar-refractivity contribution in [3.63, 3.8) is 0 Å². The van der Waals surface area contributed by atoms with E-state index >= 15 is 0 Å². The topological polar surface area (TPSA) is 133 Å². The Morgan fingerprint density at radius 3 is 2.57 bits per heavy atom. The zero-order valence-corrected chi connectivity index (χ0v) is 24.3. The van der Waals surface area contributed by atoms with E-state index < -0.39 is 0 Å². The molecule has 11 heteroatoms. The monoisotopic (exact) mass is 594 g/mol. The van der Waals surface area contributed by atoms with Crippen molar-refractivity contribution in [2.24, 2.45) is 0 Å². The molecule has 0 radical (unpaired) electrons. The third-order valence-corrected chi connectivity index (χ3v) is 7.71. The summed E-state index contributed by atoms with van der Waals surface area (Å²) in [5.41, 5.74) is 10.3. The molecule has 0 spiro atoms. The molecule has 2 fully saturated rings. The number of likely N-dealkylation sites (tertiary alicyclic amines) is 1. The van der Waals surface area contributed by atoms with Gasteiger partial charge in [-0.3, -0.25) is 9.78 Å². The van der Waals surface area contributed by atoms with E-state index in [0.717, 1.165) is 35.5 Å². The number of amides is 1. The highest BCUT2D eigenvalue weighted by atomic mass is 16.6. The number of ketones is 1. The summed E-state index contributed by atoms with van der Waals surface area (Å²) in [6, 6.07) is 18.9. The van der Waals surface area contributed by atoms with Gasteiger partial charge in [-0.05, 0) is 35.9 Å². The van der Waals surface area contributed by atoms with Crippen LogP contribution in [-0.4, -0.2) is 77.2 Å². The first-order valence-corrected chi connectivity index (χ1v) is 14.7. The van der Waals surface area contributed by atoms with Crippen LogP contribution in [0.1, 0.15) is 28.0 Å². The van der Waals surface area contributed by atoms with Crippen molar-refractivity contribution in [1.82, 2.24) is 19.9 Å². The fraction of sp³-hybridized carbons (Fsp3) is 0.303. The molecule has 0 aliphatic carbocycles. The van der Waals surface area contributed by atoms with Crippen molar-refractivity contribution in [2.75, 3.05) is 50.0 Å². The molecule has 1 amide bonds. The minimum Gasteiger partial charge on any atom is -0.489 e. The molecule has 1 unspecified atom stereocenters. The highest BCUT2D eigenvalue weighted by molar-refractivity contribution is 6.00. The molecule has 2 aliphatic heterocycles. The largest absolute Gasteiger partial charge is 0.489 e. The van der Waals surface area contributed by atoms with E-state index in [9.17, 15) is 9.59 Å². The number of aromatic nitrogens is 3. The number of carbonyl (C=O) groups is 2. The number of nitrogen functional groups attached to an aromatic ring is 1. The number of ether oxygens (including phenoxy) is 3. The van der Waals surface area contributed by atoms with Crippen LogP contribution in [0.5, 0.6) is 5.75 Å². The highest BCUT2D eigenvalue weighted by Gasteiger charge is 2.29. The van der Waals surface area contributed by atoms with Gasteiger partial charge in [0.15, 0.2) is 11.6 Å². The van der Waals surface area contributed by atoms with E-state index in [0.29, 0.717) is 44.2 Å². The Kier molecular flexibility index (Phi) is 8.93. The van der Waals surface area contributed by atoms with Crippen LogP contribution >= 0.6 is 0 Å². The van der Waals surface area contributed by atoms with Crippen molar-refractivity contribution in [2.45, 2.75) is 25.6 Å². The second-order valence-electron chi connectivity index (χ2n) is 10.7. The minimum absolute atomic E-state index is 0.0867. The summed E-state index contributed by atoms with van der Waals surface area (Å²) in [4.78, 5) is 42.8. The number of hydrogen-bond acceptors (Lipinski definition) is 10. The molecule has 44 heavy (non-hydrogen) atoms. The summed E-state index contributed by atoms with van der Waals surface area (Å²) in [5, 5.41) is 0. The molecule has 11 nitrogen and oxygen atoms in total. The summed E-state index contributed by atoms with van der Waals surface area (Å²) >= 11 is 0. The Hall–Kier alpha value is -5.03. The molecule has 2 aliphatic rings. The lowest BCUT2D eigenvalue weighted by molar-refractivity contribution is 0.0983. The number of morpholine rings is 1. The second kappa shape index (κ2) is 13.5. The van der Waals surface area contributed by atoms with E-state index in [1.807, 2.05) is 60.7 Å². The lowest BCUT2D eigenvalue weighted by Gasteiger charge is -2.30. The average Bonchev–Trinajstić information content (AvgIpc) is 3.54. The second-order valence-corrected chi connectivity index (χ2v) is 10.7.